The molecule has 128 valence electrons. The zero-order chi connectivity index (χ0) is 17.2. The van der Waals surface area contributed by atoms with E-state index in [1.807, 2.05) is 13.0 Å². The number of carbonyl (C=O) groups is 1. The molecule has 1 amide bonds. The van der Waals surface area contributed by atoms with Crippen LogP contribution < -0.4 is 5.32 Å². The van der Waals surface area contributed by atoms with Gasteiger partial charge in [0.05, 0.1) is 0 Å². The van der Waals surface area contributed by atoms with Gasteiger partial charge in [0.15, 0.2) is 0 Å². The van der Waals surface area contributed by atoms with Crippen molar-refractivity contribution in [3.8, 4) is 0 Å². The summed E-state index contributed by atoms with van der Waals surface area (Å²) in [5.41, 5.74) is 0.943. The molecule has 0 aromatic carbocycles. The first-order chi connectivity index (χ1) is 11.0. The summed E-state index contributed by atoms with van der Waals surface area (Å²) in [5.74, 6) is 1.24. The fraction of sp³-hybridized carbons (Fsp3) is 0.579. The number of nitrogens with one attached hydrogen (secondary N) is 1. The van der Waals surface area contributed by atoms with E-state index in [2.05, 4.69) is 30.7 Å². The van der Waals surface area contributed by atoms with Gasteiger partial charge in [0.25, 0.3) is 5.91 Å². The van der Waals surface area contributed by atoms with Crippen molar-refractivity contribution in [1.29, 1.82) is 0 Å². The molecule has 0 aromatic rings. The van der Waals surface area contributed by atoms with Crippen LogP contribution >= 0.6 is 0 Å². The molecule has 0 atom stereocenters. The van der Waals surface area contributed by atoms with Gasteiger partial charge < -0.3 is 5.32 Å². The lowest BCUT2D eigenvalue weighted by molar-refractivity contribution is -0.121. The lowest BCUT2D eigenvalue weighted by Crippen LogP contribution is -2.37. The molecule has 0 unspecified atom stereocenters. The third-order valence-electron chi connectivity index (χ3n) is 3.84. The number of carbonyl (C=O) groups excluding carboxylic acids is 1. The fourth-order valence-electron chi connectivity index (χ4n) is 2.65. The van der Waals surface area contributed by atoms with E-state index in [9.17, 15) is 4.79 Å². The maximum absolute atomic E-state index is 11.7. The Labute approximate surface area is 141 Å². The number of nitrogens with zero attached hydrogens (tertiary/aromatic N) is 2. The van der Waals surface area contributed by atoms with Crippen LogP contribution in [0.15, 0.2) is 41.2 Å². The van der Waals surface area contributed by atoms with Crippen molar-refractivity contribution >= 4 is 11.7 Å². The van der Waals surface area contributed by atoms with Crippen molar-refractivity contribution < 1.29 is 4.79 Å². The third-order valence-corrected chi connectivity index (χ3v) is 3.84. The van der Waals surface area contributed by atoms with Crippen LogP contribution in [-0.2, 0) is 4.79 Å². The molecule has 1 aliphatic heterocycles. The van der Waals surface area contributed by atoms with Crippen molar-refractivity contribution in [2.24, 2.45) is 4.99 Å². The molecule has 1 heterocycles. The Hall–Kier alpha value is -1.84. The summed E-state index contributed by atoms with van der Waals surface area (Å²) in [6.45, 7) is 10.2. The molecule has 1 N–H and O–H groups in total. The second-order valence-electron chi connectivity index (χ2n) is 6.04. The van der Waals surface area contributed by atoms with E-state index in [1.54, 1.807) is 24.1 Å². The Bertz CT molecular complexity index is 497. The highest BCUT2D eigenvalue weighted by Crippen LogP contribution is 2.19. The molecule has 0 spiro atoms. The number of amidine groups is 1. The quantitative estimate of drug-likeness (QED) is 0.849. The first-order valence-electron chi connectivity index (χ1n) is 8.70. The van der Waals surface area contributed by atoms with Gasteiger partial charge in [-0.25, -0.2) is 4.99 Å². The number of amides is 1. The Morgan fingerprint density at radius 3 is 2.52 bits per heavy atom. The summed E-state index contributed by atoms with van der Waals surface area (Å²) in [6, 6.07) is 0.467. The monoisotopic (exact) mass is 317 g/mol. The van der Waals surface area contributed by atoms with E-state index in [0.717, 1.165) is 5.57 Å². The van der Waals surface area contributed by atoms with E-state index in [4.69, 9.17) is 0 Å². The number of hydrogen-bond donors (Lipinski definition) is 1. The van der Waals surface area contributed by atoms with E-state index in [1.165, 1.54) is 38.5 Å². The molecule has 0 bridgehead atoms. The molecule has 0 radical (unpaired) electrons. The molecule has 0 aromatic heterocycles. The summed E-state index contributed by atoms with van der Waals surface area (Å²) >= 11 is 0. The number of hydrogen-bond acceptors (Lipinski definition) is 3. The minimum absolute atomic E-state index is 0.0557. The lowest BCUT2D eigenvalue weighted by Gasteiger charge is -2.26. The maximum atomic E-state index is 11.7. The summed E-state index contributed by atoms with van der Waals surface area (Å²) in [7, 11) is 1.74. The van der Waals surface area contributed by atoms with E-state index >= 15 is 0 Å². The molecule has 23 heavy (non-hydrogen) atoms. The van der Waals surface area contributed by atoms with Crippen LogP contribution in [0.25, 0.3) is 0 Å². The zero-order valence-electron chi connectivity index (χ0n) is 15.1. The van der Waals surface area contributed by atoms with Crippen molar-refractivity contribution in [3.63, 3.8) is 0 Å². The van der Waals surface area contributed by atoms with Gasteiger partial charge in [-0.3, -0.25) is 9.69 Å². The Kier molecular flexibility index (Phi) is 8.38. The first kappa shape index (κ1) is 19.2. The average molecular weight is 317 g/mol. The van der Waals surface area contributed by atoms with Crippen LogP contribution in [-0.4, -0.2) is 29.7 Å². The minimum atomic E-state index is -0.0557. The van der Waals surface area contributed by atoms with Crippen LogP contribution in [0.3, 0.4) is 0 Å². The Morgan fingerprint density at radius 2 is 1.96 bits per heavy atom. The Morgan fingerprint density at radius 1 is 1.35 bits per heavy atom. The number of likely N-dealkylation sites (N-methyl/N-ethyl adjacent to an activating group) is 1. The topological polar surface area (TPSA) is 44.7 Å². The second kappa shape index (κ2) is 10.0. The smallest absolute Gasteiger partial charge is 0.251 e. The van der Waals surface area contributed by atoms with Crippen LogP contribution in [0.5, 0.6) is 0 Å². The summed E-state index contributed by atoms with van der Waals surface area (Å²) in [6.07, 6.45) is 12.8. The number of aliphatic imine (C=N–C) groups is 1. The number of allylic oxidation sites excluding steroid dienone is 1. The highest BCUT2D eigenvalue weighted by atomic mass is 16.2. The van der Waals surface area contributed by atoms with Crippen molar-refractivity contribution in [2.45, 2.75) is 65.3 Å². The molecule has 1 saturated carbocycles. The largest absolute Gasteiger partial charge is 0.368 e. The molecule has 4 heteroatoms. The lowest BCUT2D eigenvalue weighted by atomic mass is 9.96. The summed E-state index contributed by atoms with van der Waals surface area (Å²) in [4.78, 5) is 17.8. The van der Waals surface area contributed by atoms with Crippen LogP contribution in [0.2, 0.25) is 0 Å². The van der Waals surface area contributed by atoms with Gasteiger partial charge in [0.2, 0.25) is 0 Å². The predicted octanol–water partition coefficient (Wildman–Crippen LogP) is 4.17. The summed E-state index contributed by atoms with van der Waals surface area (Å²) in [5, 5.41) is 3.37. The van der Waals surface area contributed by atoms with Crippen molar-refractivity contribution in [2.75, 3.05) is 7.05 Å². The fourth-order valence-corrected chi connectivity index (χ4v) is 2.65. The average Bonchev–Trinajstić information content (AvgIpc) is 2.54. The molecule has 1 aliphatic carbocycles. The van der Waals surface area contributed by atoms with Gasteiger partial charge in [0.1, 0.15) is 11.7 Å². The second-order valence-corrected chi connectivity index (χ2v) is 6.04. The highest BCUT2D eigenvalue weighted by Gasteiger charge is 2.20. The molecule has 2 aliphatic rings. The molecule has 2 rings (SSSR count). The molecule has 0 saturated heterocycles. The molecule has 4 nitrogen and oxygen atoms in total. The van der Waals surface area contributed by atoms with E-state index in [-0.39, 0.29) is 5.91 Å². The zero-order valence-corrected chi connectivity index (χ0v) is 15.1. The van der Waals surface area contributed by atoms with Gasteiger partial charge in [-0.2, -0.15) is 0 Å². The first-order valence-corrected chi connectivity index (χ1v) is 8.70. The van der Waals surface area contributed by atoms with Crippen LogP contribution in [0.1, 0.15) is 59.3 Å². The SMILES string of the molecule is C=C(/N=C1\C(=C/C)C=CC(=O)N1C)NC1CCCCC1.CCC. The van der Waals surface area contributed by atoms with Gasteiger partial charge in [-0.1, -0.05) is 52.2 Å². The van der Waals surface area contributed by atoms with Crippen LogP contribution in [0, 0.1) is 0 Å². The normalized spacial score (nSPS) is 22.1. The Balaban J connectivity index is 0.000000816. The van der Waals surface area contributed by atoms with Gasteiger partial charge in [-0.15, -0.1) is 0 Å². The number of rotatable bonds is 3. The summed E-state index contributed by atoms with van der Waals surface area (Å²) < 4.78 is 0. The third kappa shape index (κ3) is 6.05. The van der Waals surface area contributed by atoms with Gasteiger partial charge in [-0.05, 0) is 25.8 Å². The van der Waals surface area contributed by atoms with Crippen LogP contribution in [0.4, 0.5) is 0 Å². The van der Waals surface area contributed by atoms with Crippen molar-refractivity contribution in [3.05, 3.63) is 36.2 Å². The standard InChI is InChI=1S/C16H23N3O.C3H8/c1-4-13-10-11-15(20)19(3)16(13)18-12(2)17-14-8-6-5-7-9-14;1-3-2/h4,10-11,14,17H,2,5-9H2,1,3H3;3H2,1-2H3/b13-4-,18-16+;. The molecule has 1 fully saturated rings. The van der Waals surface area contributed by atoms with E-state index < -0.39 is 0 Å². The predicted molar refractivity (Wildman–Crippen MR) is 98.2 cm³/mol. The molecular weight excluding hydrogens is 286 g/mol. The molecular formula is C19H31N3O. The minimum Gasteiger partial charge on any atom is -0.368 e. The van der Waals surface area contributed by atoms with Gasteiger partial charge >= 0.3 is 0 Å². The highest BCUT2D eigenvalue weighted by molar-refractivity contribution is 6.15. The maximum Gasteiger partial charge on any atom is 0.251 e. The van der Waals surface area contributed by atoms with Crippen molar-refractivity contribution in [1.82, 2.24) is 10.2 Å². The van der Waals surface area contributed by atoms with E-state index in [0.29, 0.717) is 17.7 Å². The van der Waals surface area contributed by atoms with Gasteiger partial charge in [0, 0.05) is 24.7 Å².